The van der Waals surface area contributed by atoms with E-state index in [0.717, 1.165) is 61.9 Å². The van der Waals surface area contributed by atoms with Crippen LogP contribution in [0.4, 0.5) is 5.69 Å². The molecule has 1 amide bonds. The molecule has 2 aliphatic rings. The van der Waals surface area contributed by atoms with Crippen molar-refractivity contribution < 1.29 is 9.90 Å². The van der Waals surface area contributed by atoms with Crippen LogP contribution in [0.3, 0.4) is 0 Å². The maximum absolute atomic E-state index is 12.5. The molecule has 0 bridgehead atoms. The molecule has 1 fully saturated rings. The number of benzene rings is 1. The SMILES string of the molecule is O=C(N[C@H]1CCCC[C@@H]1O)c1cccc2c1CCCN2. The molecule has 3 rings (SSSR count). The summed E-state index contributed by atoms with van der Waals surface area (Å²) in [6, 6.07) is 5.74. The van der Waals surface area contributed by atoms with Crippen molar-refractivity contribution in [1.82, 2.24) is 5.32 Å². The maximum Gasteiger partial charge on any atom is 0.251 e. The van der Waals surface area contributed by atoms with Crippen LogP contribution in [0.15, 0.2) is 18.2 Å². The monoisotopic (exact) mass is 274 g/mol. The fraction of sp³-hybridized carbons (Fsp3) is 0.562. The van der Waals surface area contributed by atoms with Crippen molar-refractivity contribution in [2.24, 2.45) is 0 Å². The van der Waals surface area contributed by atoms with Gasteiger partial charge in [-0.15, -0.1) is 0 Å². The number of amides is 1. The molecule has 3 N–H and O–H groups in total. The van der Waals surface area contributed by atoms with Crippen molar-refractivity contribution in [3.8, 4) is 0 Å². The van der Waals surface area contributed by atoms with Crippen LogP contribution < -0.4 is 10.6 Å². The highest BCUT2D eigenvalue weighted by Crippen LogP contribution is 2.26. The lowest BCUT2D eigenvalue weighted by molar-refractivity contribution is 0.0716. The summed E-state index contributed by atoms with van der Waals surface area (Å²) in [7, 11) is 0. The minimum absolute atomic E-state index is 0.0449. The van der Waals surface area contributed by atoms with E-state index < -0.39 is 6.10 Å². The van der Waals surface area contributed by atoms with Crippen molar-refractivity contribution in [2.45, 2.75) is 50.7 Å². The van der Waals surface area contributed by atoms with Gasteiger partial charge in [0.1, 0.15) is 0 Å². The zero-order valence-corrected chi connectivity index (χ0v) is 11.7. The van der Waals surface area contributed by atoms with Crippen LogP contribution in [-0.2, 0) is 6.42 Å². The fourth-order valence-corrected chi connectivity index (χ4v) is 3.25. The number of anilines is 1. The second-order valence-corrected chi connectivity index (χ2v) is 5.79. The van der Waals surface area contributed by atoms with Gasteiger partial charge >= 0.3 is 0 Å². The van der Waals surface area contributed by atoms with Crippen LogP contribution in [0.25, 0.3) is 0 Å². The molecular formula is C16H22N2O2. The minimum Gasteiger partial charge on any atom is -0.391 e. The van der Waals surface area contributed by atoms with Crippen LogP contribution >= 0.6 is 0 Å². The molecule has 0 spiro atoms. The number of rotatable bonds is 2. The largest absolute Gasteiger partial charge is 0.391 e. The van der Waals surface area contributed by atoms with E-state index in [0.29, 0.717) is 0 Å². The number of nitrogens with one attached hydrogen (secondary N) is 2. The normalized spacial score (nSPS) is 25.4. The van der Waals surface area contributed by atoms with Gasteiger partial charge in [0.15, 0.2) is 0 Å². The first-order chi connectivity index (χ1) is 9.75. The van der Waals surface area contributed by atoms with Crippen molar-refractivity contribution in [1.29, 1.82) is 0 Å². The Morgan fingerprint density at radius 3 is 2.95 bits per heavy atom. The van der Waals surface area contributed by atoms with E-state index in [9.17, 15) is 9.90 Å². The summed E-state index contributed by atoms with van der Waals surface area (Å²) in [5, 5.41) is 16.3. The van der Waals surface area contributed by atoms with Crippen LogP contribution in [0.1, 0.15) is 48.0 Å². The van der Waals surface area contributed by atoms with Gasteiger partial charge in [0.05, 0.1) is 12.1 Å². The average Bonchev–Trinajstić information content (AvgIpc) is 2.49. The van der Waals surface area contributed by atoms with Gasteiger partial charge in [0.2, 0.25) is 0 Å². The van der Waals surface area contributed by atoms with E-state index in [1.165, 1.54) is 0 Å². The molecule has 1 aromatic carbocycles. The van der Waals surface area contributed by atoms with E-state index in [1.807, 2.05) is 18.2 Å². The molecule has 0 saturated heterocycles. The fourth-order valence-electron chi connectivity index (χ4n) is 3.25. The van der Waals surface area contributed by atoms with E-state index in [1.54, 1.807) is 0 Å². The van der Waals surface area contributed by atoms with Gasteiger partial charge < -0.3 is 15.7 Å². The molecular weight excluding hydrogens is 252 g/mol. The van der Waals surface area contributed by atoms with Crippen LogP contribution in [0.5, 0.6) is 0 Å². The first kappa shape index (κ1) is 13.4. The van der Waals surface area contributed by atoms with Gasteiger partial charge in [-0.3, -0.25) is 4.79 Å². The number of hydrogen-bond donors (Lipinski definition) is 3. The molecule has 1 aliphatic heterocycles. The van der Waals surface area contributed by atoms with Crippen molar-refractivity contribution in [2.75, 3.05) is 11.9 Å². The standard InChI is InChI=1S/C16H22N2O2/c19-15-9-2-1-7-14(15)18-16(20)12-5-3-8-13-11(12)6-4-10-17-13/h3,5,8,14-15,17,19H,1-2,4,6-7,9-10H2,(H,18,20)/t14-,15-/m0/s1. The smallest absolute Gasteiger partial charge is 0.251 e. The second-order valence-electron chi connectivity index (χ2n) is 5.79. The van der Waals surface area contributed by atoms with Gasteiger partial charge in [-0.05, 0) is 43.4 Å². The molecule has 0 unspecified atom stereocenters. The Bertz CT molecular complexity index is 501. The number of fused-ring (bicyclic) bond motifs is 1. The third-order valence-electron chi connectivity index (χ3n) is 4.39. The van der Waals surface area contributed by atoms with Crippen molar-refractivity contribution >= 4 is 11.6 Å². The molecule has 4 nitrogen and oxygen atoms in total. The molecule has 2 atom stereocenters. The summed E-state index contributed by atoms with van der Waals surface area (Å²) in [6.07, 6.45) is 5.40. The second kappa shape index (κ2) is 5.83. The lowest BCUT2D eigenvalue weighted by atomic mass is 9.91. The van der Waals surface area contributed by atoms with Gasteiger partial charge in [0.25, 0.3) is 5.91 Å². The minimum atomic E-state index is -0.398. The van der Waals surface area contributed by atoms with Gasteiger partial charge in [-0.25, -0.2) is 0 Å². The molecule has 20 heavy (non-hydrogen) atoms. The predicted molar refractivity (Wildman–Crippen MR) is 79.0 cm³/mol. The first-order valence-electron chi connectivity index (χ1n) is 7.60. The van der Waals surface area contributed by atoms with Crippen LogP contribution in [-0.4, -0.2) is 29.7 Å². The highest BCUT2D eigenvalue weighted by atomic mass is 16.3. The van der Waals surface area contributed by atoms with E-state index in [-0.39, 0.29) is 11.9 Å². The number of carbonyl (C=O) groups is 1. The summed E-state index contributed by atoms with van der Waals surface area (Å²) in [5.41, 5.74) is 2.95. The molecule has 1 heterocycles. The maximum atomic E-state index is 12.5. The van der Waals surface area contributed by atoms with Gasteiger partial charge in [0, 0.05) is 17.8 Å². The highest BCUT2D eigenvalue weighted by molar-refractivity contribution is 5.97. The Morgan fingerprint density at radius 2 is 2.10 bits per heavy atom. The molecule has 1 saturated carbocycles. The Hall–Kier alpha value is -1.55. The van der Waals surface area contributed by atoms with E-state index >= 15 is 0 Å². The predicted octanol–water partition coefficient (Wildman–Crippen LogP) is 2.08. The molecule has 1 aromatic rings. The Labute approximate surface area is 119 Å². The molecule has 1 aliphatic carbocycles. The van der Waals surface area contributed by atoms with Crippen LogP contribution in [0.2, 0.25) is 0 Å². The quantitative estimate of drug-likeness (QED) is 0.774. The number of carbonyl (C=O) groups excluding carboxylic acids is 1. The summed E-state index contributed by atoms with van der Waals surface area (Å²) >= 11 is 0. The summed E-state index contributed by atoms with van der Waals surface area (Å²) < 4.78 is 0. The lowest BCUT2D eigenvalue weighted by Crippen LogP contribution is -2.45. The van der Waals surface area contributed by atoms with Gasteiger partial charge in [-0.2, -0.15) is 0 Å². The third kappa shape index (κ3) is 2.66. The summed E-state index contributed by atoms with van der Waals surface area (Å²) in [5.74, 6) is -0.0449. The van der Waals surface area contributed by atoms with Crippen LogP contribution in [0, 0.1) is 0 Å². The molecule has 0 radical (unpaired) electrons. The lowest BCUT2D eigenvalue weighted by Gasteiger charge is -2.29. The summed E-state index contributed by atoms with van der Waals surface area (Å²) in [6.45, 7) is 0.972. The average molecular weight is 274 g/mol. The zero-order chi connectivity index (χ0) is 13.9. The van der Waals surface area contributed by atoms with Crippen molar-refractivity contribution in [3.05, 3.63) is 29.3 Å². The zero-order valence-electron chi connectivity index (χ0n) is 11.7. The Balaban J connectivity index is 1.77. The van der Waals surface area contributed by atoms with E-state index in [4.69, 9.17) is 0 Å². The van der Waals surface area contributed by atoms with Crippen molar-refractivity contribution in [3.63, 3.8) is 0 Å². The van der Waals surface area contributed by atoms with Gasteiger partial charge in [-0.1, -0.05) is 18.9 Å². The summed E-state index contributed by atoms with van der Waals surface area (Å²) in [4.78, 5) is 12.5. The Morgan fingerprint density at radius 1 is 1.25 bits per heavy atom. The third-order valence-corrected chi connectivity index (χ3v) is 4.39. The first-order valence-corrected chi connectivity index (χ1v) is 7.60. The Kier molecular flexibility index (Phi) is 3.92. The molecule has 108 valence electrons. The number of aliphatic hydroxyl groups is 1. The molecule has 4 heteroatoms. The topological polar surface area (TPSA) is 61.4 Å². The highest BCUT2D eigenvalue weighted by Gasteiger charge is 2.26. The number of aliphatic hydroxyl groups excluding tert-OH is 1. The number of hydrogen-bond acceptors (Lipinski definition) is 3. The van der Waals surface area contributed by atoms with E-state index in [2.05, 4.69) is 10.6 Å². The molecule has 0 aromatic heterocycles.